The molecule has 1 saturated heterocycles. The van der Waals surface area contributed by atoms with Crippen molar-refractivity contribution in [2.45, 2.75) is 25.8 Å². The van der Waals surface area contributed by atoms with Gasteiger partial charge in [0.2, 0.25) is 5.91 Å². The molecule has 1 aliphatic heterocycles. The second-order valence-corrected chi connectivity index (χ2v) is 4.17. The standard InChI is InChI=1S/C8H13N3OS/c1-4(5-2-3-5)6-7(12)9-8(13)11-10-6/h4-6,10H,2-3H2,1H3,(H2,9,11,12,13). The maximum Gasteiger partial charge on any atom is 0.245 e. The molecule has 4 nitrogen and oxygen atoms in total. The summed E-state index contributed by atoms with van der Waals surface area (Å²) in [5, 5.41) is 2.98. The van der Waals surface area contributed by atoms with Crippen molar-refractivity contribution < 1.29 is 4.79 Å². The number of thiocarbonyl (C=S) groups is 1. The maximum absolute atomic E-state index is 11.5. The largest absolute Gasteiger partial charge is 0.301 e. The lowest BCUT2D eigenvalue weighted by Crippen LogP contribution is -2.64. The van der Waals surface area contributed by atoms with Crippen molar-refractivity contribution in [3.05, 3.63) is 0 Å². The van der Waals surface area contributed by atoms with E-state index >= 15 is 0 Å². The second-order valence-electron chi connectivity index (χ2n) is 3.76. The summed E-state index contributed by atoms with van der Waals surface area (Å²) >= 11 is 4.80. The fraction of sp³-hybridized carbons (Fsp3) is 0.750. The Bertz CT molecular complexity index is 252. The van der Waals surface area contributed by atoms with Crippen LogP contribution < -0.4 is 16.2 Å². The van der Waals surface area contributed by atoms with Crippen LogP contribution >= 0.6 is 12.2 Å². The van der Waals surface area contributed by atoms with Gasteiger partial charge in [-0.1, -0.05) is 6.92 Å². The first kappa shape index (κ1) is 8.90. The van der Waals surface area contributed by atoms with Gasteiger partial charge in [-0.15, -0.1) is 0 Å². The Hall–Kier alpha value is -0.680. The molecule has 1 saturated carbocycles. The number of carbonyl (C=O) groups is 1. The van der Waals surface area contributed by atoms with Crippen LogP contribution in [0.1, 0.15) is 19.8 Å². The van der Waals surface area contributed by atoms with Gasteiger partial charge in [-0.3, -0.25) is 10.2 Å². The molecule has 1 aliphatic carbocycles. The average Bonchev–Trinajstić information content (AvgIpc) is 2.85. The smallest absolute Gasteiger partial charge is 0.245 e. The molecule has 2 aliphatic rings. The van der Waals surface area contributed by atoms with E-state index < -0.39 is 0 Å². The fourth-order valence-corrected chi connectivity index (χ4v) is 1.85. The van der Waals surface area contributed by atoms with Gasteiger partial charge in [0, 0.05) is 0 Å². The monoisotopic (exact) mass is 199 g/mol. The minimum Gasteiger partial charge on any atom is -0.301 e. The minimum atomic E-state index is -0.140. The third kappa shape index (κ3) is 1.81. The SMILES string of the molecule is CC(C1CC1)C1NNC(=S)NC1=O. The zero-order valence-corrected chi connectivity index (χ0v) is 8.28. The van der Waals surface area contributed by atoms with E-state index in [1.165, 1.54) is 12.8 Å². The maximum atomic E-state index is 11.5. The number of nitrogens with one attached hydrogen (secondary N) is 3. The average molecular weight is 199 g/mol. The predicted octanol–water partition coefficient (Wildman–Crippen LogP) is -0.0900. The van der Waals surface area contributed by atoms with Crippen molar-refractivity contribution in [2.75, 3.05) is 0 Å². The van der Waals surface area contributed by atoms with Gasteiger partial charge in [-0.25, -0.2) is 5.43 Å². The molecule has 0 aromatic rings. The van der Waals surface area contributed by atoms with Gasteiger partial charge >= 0.3 is 0 Å². The van der Waals surface area contributed by atoms with E-state index in [1.807, 2.05) is 0 Å². The molecule has 3 N–H and O–H groups in total. The Labute approximate surface area is 82.4 Å². The lowest BCUT2D eigenvalue weighted by Gasteiger charge is -2.29. The van der Waals surface area contributed by atoms with E-state index in [9.17, 15) is 4.79 Å². The highest BCUT2D eigenvalue weighted by atomic mass is 32.1. The molecule has 5 heteroatoms. The van der Waals surface area contributed by atoms with Crippen molar-refractivity contribution in [3.8, 4) is 0 Å². The molecule has 0 bridgehead atoms. The van der Waals surface area contributed by atoms with E-state index in [0.29, 0.717) is 16.9 Å². The van der Waals surface area contributed by atoms with Crippen molar-refractivity contribution in [2.24, 2.45) is 11.8 Å². The van der Waals surface area contributed by atoms with Crippen molar-refractivity contribution in [1.29, 1.82) is 0 Å². The molecular weight excluding hydrogens is 186 g/mol. The third-order valence-corrected chi connectivity index (χ3v) is 2.96. The molecule has 0 aromatic heterocycles. The first-order chi connectivity index (χ1) is 6.18. The number of hydrogen-bond donors (Lipinski definition) is 3. The molecule has 0 aromatic carbocycles. The van der Waals surface area contributed by atoms with Crippen LogP contribution in [-0.4, -0.2) is 17.1 Å². The highest BCUT2D eigenvalue weighted by Crippen LogP contribution is 2.38. The lowest BCUT2D eigenvalue weighted by molar-refractivity contribution is -0.124. The highest BCUT2D eigenvalue weighted by molar-refractivity contribution is 7.80. The Morgan fingerprint density at radius 2 is 2.23 bits per heavy atom. The third-order valence-electron chi connectivity index (χ3n) is 2.75. The van der Waals surface area contributed by atoms with E-state index in [1.54, 1.807) is 0 Å². The summed E-state index contributed by atoms with van der Waals surface area (Å²) in [6.07, 6.45) is 2.49. The zero-order chi connectivity index (χ0) is 9.42. The minimum absolute atomic E-state index is 0.0110. The van der Waals surface area contributed by atoms with Crippen LogP contribution in [0, 0.1) is 11.8 Å². The lowest BCUT2D eigenvalue weighted by atomic mass is 9.96. The molecule has 2 fully saturated rings. The first-order valence-corrected chi connectivity index (χ1v) is 4.95. The molecule has 72 valence electrons. The van der Waals surface area contributed by atoms with Crippen LogP contribution in [0.4, 0.5) is 0 Å². The van der Waals surface area contributed by atoms with Gasteiger partial charge < -0.3 is 5.32 Å². The summed E-state index contributed by atoms with van der Waals surface area (Å²) in [6.45, 7) is 2.10. The van der Waals surface area contributed by atoms with Gasteiger partial charge in [0.15, 0.2) is 5.11 Å². The van der Waals surface area contributed by atoms with Gasteiger partial charge in [-0.2, -0.15) is 0 Å². The van der Waals surface area contributed by atoms with Gasteiger partial charge in [0.05, 0.1) is 0 Å². The highest BCUT2D eigenvalue weighted by Gasteiger charge is 2.38. The Balaban J connectivity index is 1.98. The predicted molar refractivity (Wildman–Crippen MR) is 52.7 cm³/mol. The fourth-order valence-electron chi connectivity index (χ4n) is 1.69. The molecule has 0 radical (unpaired) electrons. The normalized spacial score (nSPS) is 30.7. The van der Waals surface area contributed by atoms with Gasteiger partial charge in [0.25, 0.3) is 0 Å². The molecule has 13 heavy (non-hydrogen) atoms. The molecular formula is C8H13N3OS. The zero-order valence-electron chi connectivity index (χ0n) is 7.46. The van der Waals surface area contributed by atoms with Crippen LogP contribution in [-0.2, 0) is 4.79 Å². The topological polar surface area (TPSA) is 53.2 Å². The van der Waals surface area contributed by atoms with Crippen molar-refractivity contribution >= 4 is 23.2 Å². The first-order valence-electron chi connectivity index (χ1n) is 4.55. The number of rotatable bonds is 2. The van der Waals surface area contributed by atoms with Gasteiger partial charge in [-0.05, 0) is 36.9 Å². The van der Waals surface area contributed by atoms with Gasteiger partial charge in [0.1, 0.15) is 6.04 Å². The molecule has 1 heterocycles. The Morgan fingerprint density at radius 3 is 2.77 bits per heavy atom. The molecule has 2 rings (SSSR count). The Kier molecular flexibility index (Phi) is 2.21. The number of carbonyl (C=O) groups excluding carboxylic acids is 1. The number of hydrogen-bond acceptors (Lipinski definition) is 3. The molecule has 0 spiro atoms. The van der Waals surface area contributed by atoms with Crippen LogP contribution in [0.15, 0.2) is 0 Å². The van der Waals surface area contributed by atoms with Crippen LogP contribution in [0.2, 0.25) is 0 Å². The second kappa shape index (κ2) is 3.23. The summed E-state index contributed by atoms with van der Waals surface area (Å²) in [5.41, 5.74) is 5.71. The molecule has 2 unspecified atom stereocenters. The van der Waals surface area contributed by atoms with E-state index in [0.717, 1.165) is 0 Å². The molecule has 1 amide bonds. The van der Waals surface area contributed by atoms with Crippen molar-refractivity contribution in [3.63, 3.8) is 0 Å². The Morgan fingerprint density at radius 1 is 1.54 bits per heavy atom. The summed E-state index contributed by atoms with van der Waals surface area (Å²) in [7, 11) is 0. The molecule has 2 atom stereocenters. The summed E-state index contributed by atoms with van der Waals surface area (Å²) in [4.78, 5) is 11.5. The number of hydrazine groups is 1. The summed E-state index contributed by atoms with van der Waals surface area (Å²) in [6, 6.07) is -0.140. The summed E-state index contributed by atoms with van der Waals surface area (Å²) in [5.74, 6) is 1.08. The van der Waals surface area contributed by atoms with Crippen LogP contribution in [0.25, 0.3) is 0 Å². The van der Waals surface area contributed by atoms with Crippen molar-refractivity contribution in [1.82, 2.24) is 16.2 Å². The van der Waals surface area contributed by atoms with Crippen LogP contribution in [0.5, 0.6) is 0 Å². The van der Waals surface area contributed by atoms with E-state index in [4.69, 9.17) is 12.2 Å². The summed E-state index contributed by atoms with van der Waals surface area (Å²) < 4.78 is 0. The number of amides is 1. The van der Waals surface area contributed by atoms with E-state index in [-0.39, 0.29) is 11.9 Å². The van der Waals surface area contributed by atoms with E-state index in [2.05, 4.69) is 23.1 Å². The quantitative estimate of drug-likeness (QED) is 0.544. The van der Waals surface area contributed by atoms with Crippen LogP contribution in [0.3, 0.4) is 0 Å².